The molecular formula is C21H27BrN4O2. The van der Waals surface area contributed by atoms with Crippen molar-refractivity contribution in [2.24, 2.45) is 5.73 Å². The van der Waals surface area contributed by atoms with Crippen LogP contribution in [0.3, 0.4) is 0 Å². The van der Waals surface area contributed by atoms with E-state index in [1.165, 1.54) is 5.69 Å². The lowest BCUT2D eigenvalue weighted by molar-refractivity contribution is -0.121. The minimum Gasteiger partial charge on any atom is -0.372 e. The van der Waals surface area contributed by atoms with Crippen molar-refractivity contribution >= 4 is 33.6 Å². The number of halogens is 1. The lowest BCUT2D eigenvalue weighted by atomic mass is 10.0. The molecule has 1 atom stereocenters. The summed E-state index contributed by atoms with van der Waals surface area (Å²) in [7, 11) is 0. The second-order valence-electron chi connectivity index (χ2n) is 6.44. The topological polar surface area (TPSA) is 87.5 Å². The summed E-state index contributed by atoms with van der Waals surface area (Å²) in [5, 5.41) is 5.57. The molecule has 4 N–H and O–H groups in total. The van der Waals surface area contributed by atoms with Crippen molar-refractivity contribution in [2.45, 2.75) is 25.8 Å². The summed E-state index contributed by atoms with van der Waals surface area (Å²) < 4.78 is 0.877. The molecule has 2 rings (SSSR count). The Hall–Kier alpha value is -2.54. The predicted octanol–water partition coefficient (Wildman–Crippen LogP) is 3.58. The molecule has 0 heterocycles. The third-order valence-corrected chi connectivity index (χ3v) is 4.88. The zero-order valence-corrected chi connectivity index (χ0v) is 17.6. The van der Waals surface area contributed by atoms with Gasteiger partial charge in [0.15, 0.2) is 0 Å². The van der Waals surface area contributed by atoms with Crippen LogP contribution >= 0.6 is 15.9 Å². The lowest BCUT2D eigenvalue weighted by Gasteiger charge is -2.23. The van der Waals surface area contributed by atoms with Gasteiger partial charge in [0.05, 0.1) is 12.5 Å². The number of hydrogen-bond acceptors (Lipinski definition) is 3. The van der Waals surface area contributed by atoms with Crippen LogP contribution in [0.5, 0.6) is 0 Å². The first-order chi connectivity index (χ1) is 13.5. The molecule has 0 aliphatic rings. The van der Waals surface area contributed by atoms with E-state index in [0.717, 1.165) is 29.5 Å². The van der Waals surface area contributed by atoms with Crippen molar-refractivity contribution in [1.29, 1.82) is 0 Å². The maximum absolute atomic E-state index is 12.3. The van der Waals surface area contributed by atoms with Crippen molar-refractivity contribution in [1.82, 2.24) is 10.6 Å². The van der Waals surface area contributed by atoms with Gasteiger partial charge in [-0.1, -0.05) is 46.3 Å². The van der Waals surface area contributed by atoms with Crippen LogP contribution in [0.1, 0.15) is 31.4 Å². The number of anilines is 1. The van der Waals surface area contributed by atoms with E-state index >= 15 is 0 Å². The molecule has 2 aromatic rings. The quantitative estimate of drug-likeness (QED) is 0.487. The minimum absolute atomic E-state index is 0.124. The first-order valence-corrected chi connectivity index (χ1v) is 10.2. The second-order valence-corrected chi connectivity index (χ2v) is 7.35. The van der Waals surface area contributed by atoms with Crippen molar-refractivity contribution in [3.8, 4) is 0 Å². The van der Waals surface area contributed by atoms with Crippen molar-refractivity contribution < 1.29 is 9.59 Å². The molecule has 0 unspecified atom stereocenters. The van der Waals surface area contributed by atoms with E-state index in [9.17, 15) is 9.59 Å². The fourth-order valence-electron chi connectivity index (χ4n) is 3.01. The smallest absolute Gasteiger partial charge is 0.312 e. The summed E-state index contributed by atoms with van der Waals surface area (Å²) in [6, 6.07) is 16.6. The van der Waals surface area contributed by atoms with Crippen LogP contribution in [0, 0.1) is 0 Å². The molecule has 150 valence electrons. The van der Waals surface area contributed by atoms with Gasteiger partial charge in [-0.2, -0.15) is 0 Å². The Morgan fingerprint density at radius 2 is 1.89 bits per heavy atom. The van der Waals surface area contributed by atoms with Gasteiger partial charge >= 0.3 is 6.03 Å². The van der Waals surface area contributed by atoms with Crippen LogP contribution in [0.4, 0.5) is 10.5 Å². The van der Waals surface area contributed by atoms with Gasteiger partial charge in [-0.3, -0.25) is 4.79 Å². The Morgan fingerprint density at radius 3 is 2.54 bits per heavy atom. The Balaban J connectivity index is 1.83. The van der Waals surface area contributed by atoms with E-state index in [0.29, 0.717) is 6.54 Å². The summed E-state index contributed by atoms with van der Waals surface area (Å²) in [6.45, 7) is 4.45. The normalized spacial score (nSPS) is 11.5. The van der Waals surface area contributed by atoms with Gasteiger partial charge in [-0.05, 0) is 43.2 Å². The molecule has 0 saturated heterocycles. The fourth-order valence-corrected chi connectivity index (χ4v) is 3.43. The third-order valence-electron chi connectivity index (χ3n) is 4.39. The summed E-state index contributed by atoms with van der Waals surface area (Å²) in [6.07, 6.45) is 0.967. The molecule has 0 saturated carbocycles. The number of nitrogens with one attached hydrogen (secondary N) is 2. The molecule has 2 aromatic carbocycles. The number of hydrogen-bond donors (Lipinski definition) is 3. The van der Waals surface area contributed by atoms with Crippen LogP contribution in [-0.4, -0.2) is 31.6 Å². The van der Waals surface area contributed by atoms with E-state index in [-0.39, 0.29) is 12.3 Å². The number of para-hydroxylation sites is 1. The number of primary amides is 1. The van der Waals surface area contributed by atoms with Gasteiger partial charge in [0, 0.05) is 29.8 Å². The SMILES string of the molecule is CCN(CCCNC(=O)C[C@H](NC(N)=O)c1cccc(Br)c1)c1ccccc1. The number of nitrogens with zero attached hydrogens (tertiary/aromatic N) is 1. The third kappa shape index (κ3) is 7.23. The monoisotopic (exact) mass is 446 g/mol. The largest absolute Gasteiger partial charge is 0.372 e. The average molecular weight is 447 g/mol. The van der Waals surface area contributed by atoms with E-state index in [1.807, 2.05) is 42.5 Å². The Kier molecular flexibility index (Phi) is 8.81. The van der Waals surface area contributed by atoms with Gasteiger partial charge in [0.25, 0.3) is 0 Å². The molecule has 0 aliphatic heterocycles. The van der Waals surface area contributed by atoms with Crippen molar-refractivity contribution in [3.05, 3.63) is 64.6 Å². The summed E-state index contributed by atoms with van der Waals surface area (Å²) >= 11 is 3.40. The van der Waals surface area contributed by atoms with Crippen LogP contribution in [0.25, 0.3) is 0 Å². The Labute approximate surface area is 174 Å². The summed E-state index contributed by atoms with van der Waals surface area (Å²) in [4.78, 5) is 25.9. The van der Waals surface area contributed by atoms with Crippen molar-refractivity contribution in [2.75, 3.05) is 24.5 Å². The number of nitrogens with two attached hydrogens (primary N) is 1. The fraction of sp³-hybridized carbons (Fsp3) is 0.333. The molecule has 0 radical (unpaired) electrons. The maximum atomic E-state index is 12.3. The molecule has 0 spiro atoms. The predicted molar refractivity (Wildman–Crippen MR) is 116 cm³/mol. The summed E-state index contributed by atoms with van der Waals surface area (Å²) in [5.41, 5.74) is 7.27. The number of urea groups is 1. The van der Waals surface area contributed by atoms with Gasteiger partial charge in [0.2, 0.25) is 5.91 Å². The van der Waals surface area contributed by atoms with Crippen molar-refractivity contribution in [3.63, 3.8) is 0 Å². The summed E-state index contributed by atoms with van der Waals surface area (Å²) in [5.74, 6) is -0.124. The molecule has 28 heavy (non-hydrogen) atoms. The molecular weight excluding hydrogens is 420 g/mol. The standard InChI is InChI=1S/C21H27BrN4O2/c1-2-26(18-10-4-3-5-11-18)13-7-12-24-20(27)15-19(25-21(23)28)16-8-6-9-17(22)14-16/h3-6,8-11,14,19H,2,7,12-13,15H2,1H3,(H,24,27)(H3,23,25,28)/t19-/m0/s1. The zero-order chi connectivity index (χ0) is 20.4. The number of amides is 3. The van der Waals surface area contributed by atoms with E-state index < -0.39 is 12.1 Å². The molecule has 0 aromatic heterocycles. The first kappa shape index (κ1) is 21.8. The zero-order valence-electron chi connectivity index (χ0n) is 16.0. The Morgan fingerprint density at radius 1 is 1.14 bits per heavy atom. The first-order valence-electron chi connectivity index (χ1n) is 9.37. The number of carbonyl (C=O) groups excluding carboxylic acids is 2. The van der Waals surface area contributed by atoms with Crippen LogP contribution in [0.15, 0.2) is 59.1 Å². The van der Waals surface area contributed by atoms with Crippen LogP contribution in [0.2, 0.25) is 0 Å². The highest BCUT2D eigenvalue weighted by atomic mass is 79.9. The van der Waals surface area contributed by atoms with Gasteiger partial charge in [-0.25, -0.2) is 4.79 Å². The molecule has 3 amide bonds. The highest BCUT2D eigenvalue weighted by Crippen LogP contribution is 2.21. The van der Waals surface area contributed by atoms with Gasteiger partial charge in [-0.15, -0.1) is 0 Å². The number of carbonyl (C=O) groups is 2. The highest BCUT2D eigenvalue weighted by molar-refractivity contribution is 9.10. The second kappa shape index (κ2) is 11.3. The molecule has 0 aliphatic carbocycles. The van der Waals surface area contributed by atoms with E-state index in [1.54, 1.807) is 0 Å². The molecule has 0 bridgehead atoms. The lowest BCUT2D eigenvalue weighted by Crippen LogP contribution is -2.37. The highest BCUT2D eigenvalue weighted by Gasteiger charge is 2.17. The van der Waals surface area contributed by atoms with Crippen LogP contribution in [-0.2, 0) is 4.79 Å². The van der Waals surface area contributed by atoms with Gasteiger partial charge in [0.1, 0.15) is 0 Å². The number of rotatable bonds is 10. The molecule has 0 fully saturated rings. The molecule has 6 nitrogen and oxygen atoms in total. The number of benzene rings is 2. The van der Waals surface area contributed by atoms with E-state index in [2.05, 4.69) is 50.5 Å². The molecule has 7 heteroatoms. The minimum atomic E-state index is -0.653. The van der Waals surface area contributed by atoms with Crippen LogP contribution < -0.4 is 21.3 Å². The average Bonchev–Trinajstić information content (AvgIpc) is 2.68. The Bertz CT molecular complexity index is 770. The van der Waals surface area contributed by atoms with Gasteiger partial charge < -0.3 is 21.3 Å². The van der Waals surface area contributed by atoms with E-state index in [4.69, 9.17) is 5.73 Å². The maximum Gasteiger partial charge on any atom is 0.312 e.